The van der Waals surface area contributed by atoms with Crippen LogP contribution in [0.4, 0.5) is 5.00 Å². The summed E-state index contributed by atoms with van der Waals surface area (Å²) < 4.78 is 8.11. The number of rotatable bonds is 9. The van der Waals surface area contributed by atoms with Crippen LogP contribution in [0, 0.1) is 19.8 Å². The van der Waals surface area contributed by atoms with Crippen LogP contribution in [0.2, 0.25) is 0 Å². The van der Waals surface area contributed by atoms with Gasteiger partial charge in [-0.15, -0.1) is 21.5 Å². The highest BCUT2D eigenvalue weighted by Gasteiger charge is 2.27. The zero-order valence-corrected chi connectivity index (χ0v) is 23.0. The predicted molar refractivity (Wildman–Crippen MR) is 144 cm³/mol. The Bertz CT molecular complexity index is 1260. The predicted octanol–water partition coefficient (Wildman–Crippen LogP) is 5.07. The lowest BCUT2D eigenvalue weighted by atomic mass is 9.88. The van der Waals surface area contributed by atoms with E-state index < -0.39 is 5.91 Å². The molecule has 0 saturated carbocycles. The molecular weight excluding hydrogens is 494 g/mol. The second-order valence-corrected chi connectivity index (χ2v) is 11.5. The van der Waals surface area contributed by atoms with Gasteiger partial charge in [0.25, 0.3) is 5.91 Å². The maximum absolute atomic E-state index is 12.8. The number of amides is 2. The largest absolute Gasteiger partial charge is 0.483 e. The molecule has 4 rings (SSSR count). The van der Waals surface area contributed by atoms with E-state index in [0.717, 1.165) is 46.6 Å². The molecule has 2 heterocycles. The van der Waals surface area contributed by atoms with Gasteiger partial charge in [0.05, 0.1) is 11.3 Å². The van der Waals surface area contributed by atoms with Gasteiger partial charge < -0.3 is 20.4 Å². The van der Waals surface area contributed by atoms with Crippen molar-refractivity contribution in [3.05, 3.63) is 51.2 Å². The molecular formula is C26H33N5O3S2. The van der Waals surface area contributed by atoms with Crippen molar-refractivity contribution in [1.29, 1.82) is 0 Å². The third kappa shape index (κ3) is 5.75. The van der Waals surface area contributed by atoms with E-state index in [0.29, 0.717) is 34.0 Å². The Kier molecular flexibility index (Phi) is 8.04. The first-order chi connectivity index (χ1) is 17.2. The molecule has 0 aliphatic heterocycles. The number of carbonyl (C=O) groups excluding carboxylic acids is 2. The summed E-state index contributed by atoms with van der Waals surface area (Å²) >= 11 is 2.78. The van der Waals surface area contributed by atoms with Crippen LogP contribution in [0.25, 0.3) is 0 Å². The highest BCUT2D eigenvalue weighted by atomic mass is 32.2. The molecule has 2 aromatic heterocycles. The number of nitrogens with zero attached hydrogens (tertiary/aromatic N) is 3. The van der Waals surface area contributed by atoms with Crippen LogP contribution in [0.3, 0.4) is 0 Å². The van der Waals surface area contributed by atoms with Gasteiger partial charge in [-0.05, 0) is 81.7 Å². The number of aryl methyl sites for hydroxylation is 2. The number of thioether (sulfide) groups is 1. The Labute approximate surface area is 220 Å². The van der Waals surface area contributed by atoms with Crippen molar-refractivity contribution < 1.29 is 14.3 Å². The summed E-state index contributed by atoms with van der Waals surface area (Å²) in [5.41, 5.74) is 9.42. The summed E-state index contributed by atoms with van der Waals surface area (Å²) in [6.07, 6.45) is 2.45. The van der Waals surface area contributed by atoms with Crippen molar-refractivity contribution in [2.24, 2.45) is 11.7 Å². The van der Waals surface area contributed by atoms with Crippen molar-refractivity contribution in [1.82, 2.24) is 14.8 Å². The average molecular weight is 528 g/mol. The normalized spacial score (nSPS) is 15.9. The van der Waals surface area contributed by atoms with E-state index in [-0.39, 0.29) is 17.8 Å². The minimum atomic E-state index is -0.488. The Hall–Kier alpha value is -2.85. The smallest absolute Gasteiger partial charge is 0.251 e. The molecule has 0 radical (unpaired) electrons. The SMILES string of the molecule is CCn1c(SCC(=O)Nc2sc3c(c2C(N)=O)CCC(C)C3)nnc1C(C)Oc1cc(C)cc(C)c1. The molecule has 2 amide bonds. The molecule has 36 heavy (non-hydrogen) atoms. The highest BCUT2D eigenvalue weighted by Crippen LogP contribution is 2.39. The summed E-state index contributed by atoms with van der Waals surface area (Å²) in [6, 6.07) is 6.10. The molecule has 10 heteroatoms. The van der Waals surface area contributed by atoms with E-state index in [9.17, 15) is 9.59 Å². The number of hydrogen-bond acceptors (Lipinski definition) is 7. The lowest BCUT2D eigenvalue weighted by Crippen LogP contribution is -2.20. The van der Waals surface area contributed by atoms with Crippen molar-refractivity contribution in [2.45, 2.75) is 71.7 Å². The number of nitrogens with one attached hydrogen (secondary N) is 1. The molecule has 0 saturated heterocycles. The maximum atomic E-state index is 12.8. The molecule has 1 aromatic carbocycles. The third-order valence-corrected chi connectivity index (χ3v) is 8.41. The lowest BCUT2D eigenvalue weighted by molar-refractivity contribution is -0.113. The second kappa shape index (κ2) is 11.0. The number of thiophene rings is 1. The Morgan fingerprint density at radius 1 is 1.28 bits per heavy atom. The number of benzene rings is 1. The first-order valence-corrected chi connectivity index (χ1v) is 14.0. The van der Waals surface area contributed by atoms with Crippen LogP contribution < -0.4 is 15.8 Å². The summed E-state index contributed by atoms with van der Waals surface area (Å²) in [6.45, 7) is 10.9. The number of carbonyl (C=O) groups is 2. The van der Waals surface area contributed by atoms with Crippen molar-refractivity contribution in [2.75, 3.05) is 11.1 Å². The zero-order valence-electron chi connectivity index (χ0n) is 21.4. The van der Waals surface area contributed by atoms with Gasteiger partial charge in [-0.25, -0.2) is 0 Å². The number of ether oxygens (including phenoxy) is 1. The number of fused-ring (bicyclic) bond motifs is 1. The molecule has 3 N–H and O–H groups in total. The number of hydrogen-bond donors (Lipinski definition) is 2. The van der Waals surface area contributed by atoms with E-state index in [4.69, 9.17) is 10.5 Å². The zero-order chi connectivity index (χ0) is 26.0. The molecule has 2 atom stereocenters. The molecule has 0 bridgehead atoms. The topological polar surface area (TPSA) is 112 Å². The Morgan fingerprint density at radius 2 is 2.00 bits per heavy atom. The summed E-state index contributed by atoms with van der Waals surface area (Å²) in [4.78, 5) is 26.1. The van der Waals surface area contributed by atoms with Crippen molar-refractivity contribution in [3.8, 4) is 5.75 Å². The van der Waals surface area contributed by atoms with Crippen LogP contribution in [0.5, 0.6) is 5.75 Å². The lowest BCUT2D eigenvalue weighted by Gasteiger charge is -2.18. The van der Waals surface area contributed by atoms with Crippen LogP contribution in [-0.2, 0) is 24.2 Å². The molecule has 0 fully saturated rings. The molecule has 1 aliphatic carbocycles. The van der Waals surface area contributed by atoms with Gasteiger partial charge in [-0.3, -0.25) is 9.59 Å². The fraction of sp³-hybridized carbons (Fsp3) is 0.462. The molecule has 192 valence electrons. The van der Waals surface area contributed by atoms with Gasteiger partial charge in [0, 0.05) is 11.4 Å². The van der Waals surface area contributed by atoms with Crippen molar-refractivity contribution >= 4 is 39.9 Å². The van der Waals surface area contributed by atoms with Gasteiger partial charge in [0.2, 0.25) is 5.91 Å². The van der Waals surface area contributed by atoms with E-state index in [2.05, 4.69) is 28.5 Å². The molecule has 8 nitrogen and oxygen atoms in total. The standard InChI is InChI=1S/C26H33N5O3S2/c1-6-31-24(17(5)34-18-10-15(3)9-16(4)11-18)29-30-26(31)35-13-21(32)28-25-22(23(27)33)19-8-7-14(2)12-20(19)36-25/h9-11,14,17H,6-8,12-13H2,1-5H3,(H2,27,33)(H,28,32). The van der Waals surface area contributed by atoms with Gasteiger partial charge in [-0.2, -0.15) is 0 Å². The van der Waals surface area contributed by atoms with E-state index in [1.807, 2.05) is 44.4 Å². The van der Waals surface area contributed by atoms with E-state index >= 15 is 0 Å². The molecule has 1 aliphatic rings. The Balaban J connectivity index is 1.43. The Morgan fingerprint density at radius 3 is 2.67 bits per heavy atom. The van der Waals surface area contributed by atoms with Gasteiger partial charge >= 0.3 is 0 Å². The van der Waals surface area contributed by atoms with Crippen LogP contribution >= 0.6 is 23.1 Å². The quantitative estimate of drug-likeness (QED) is 0.376. The number of primary amides is 1. The number of nitrogens with two attached hydrogens (primary N) is 1. The summed E-state index contributed by atoms with van der Waals surface area (Å²) in [5, 5.41) is 12.8. The molecule has 3 aromatic rings. The van der Waals surface area contributed by atoms with Crippen LogP contribution in [-0.4, -0.2) is 32.3 Å². The third-order valence-electron chi connectivity index (χ3n) is 6.28. The maximum Gasteiger partial charge on any atom is 0.251 e. The van der Waals surface area contributed by atoms with Crippen molar-refractivity contribution in [3.63, 3.8) is 0 Å². The van der Waals surface area contributed by atoms with Crippen LogP contribution in [0.1, 0.15) is 71.0 Å². The fourth-order valence-corrected chi connectivity index (χ4v) is 6.90. The molecule has 2 unspecified atom stereocenters. The fourth-order valence-electron chi connectivity index (χ4n) is 4.65. The van der Waals surface area contributed by atoms with Gasteiger partial charge in [-0.1, -0.05) is 24.8 Å². The van der Waals surface area contributed by atoms with Crippen LogP contribution in [0.15, 0.2) is 23.4 Å². The monoisotopic (exact) mass is 527 g/mol. The second-order valence-electron chi connectivity index (χ2n) is 9.43. The number of aromatic nitrogens is 3. The highest BCUT2D eigenvalue weighted by molar-refractivity contribution is 7.99. The minimum Gasteiger partial charge on any atom is -0.483 e. The first-order valence-electron chi connectivity index (χ1n) is 12.2. The molecule has 0 spiro atoms. The van der Waals surface area contributed by atoms with E-state index in [1.54, 1.807) is 0 Å². The summed E-state index contributed by atoms with van der Waals surface area (Å²) in [7, 11) is 0. The first kappa shape index (κ1) is 26.2. The number of anilines is 1. The average Bonchev–Trinajstić information content (AvgIpc) is 3.37. The minimum absolute atomic E-state index is 0.140. The van der Waals surface area contributed by atoms with E-state index in [1.165, 1.54) is 23.1 Å². The summed E-state index contributed by atoms with van der Waals surface area (Å²) in [5.74, 6) is 1.50. The van der Waals surface area contributed by atoms with Gasteiger partial charge in [0.15, 0.2) is 17.1 Å². The van der Waals surface area contributed by atoms with Gasteiger partial charge in [0.1, 0.15) is 10.8 Å².